The van der Waals surface area contributed by atoms with Gasteiger partial charge in [-0.15, -0.1) is 0 Å². The number of hydrogen-bond donors (Lipinski definition) is 3. The van der Waals surface area contributed by atoms with Crippen LogP contribution in [0.4, 0.5) is 11.4 Å². The van der Waals surface area contributed by atoms with Crippen LogP contribution in [0.15, 0.2) is 106 Å². The van der Waals surface area contributed by atoms with Gasteiger partial charge in [0.2, 0.25) is 4.90 Å². The number of methoxy groups -OCH3 is 1. The minimum atomic E-state index is -1.54. The molecular weight excluding hydrogens is 524 g/mol. The van der Waals surface area contributed by atoms with E-state index in [-0.39, 0.29) is 0 Å². The summed E-state index contributed by atoms with van der Waals surface area (Å²) in [7, 11) is 1.53. The smallest absolute Gasteiger partial charge is 0.223 e. The largest absolute Gasteiger partial charge is 0.588 e. The molecule has 0 heterocycles. The van der Waals surface area contributed by atoms with E-state index in [1.165, 1.54) is 7.11 Å². The zero-order valence-corrected chi connectivity index (χ0v) is 20.9. The van der Waals surface area contributed by atoms with Gasteiger partial charge in [-0.3, -0.25) is 0 Å². The first-order chi connectivity index (χ1) is 15.9. The first kappa shape index (κ1) is 24.7. The third kappa shape index (κ3) is 7.30. The first-order valence-electron chi connectivity index (χ1n) is 9.69. The summed E-state index contributed by atoms with van der Waals surface area (Å²) in [6.07, 6.45) is 3.22. The topological polar surface area (TPSA) is 94.7 Å². The fourth-order valence-corrected chi connectivity index (χ4v) is 4.22. The van der Waals surface area contributed by atoms with Crippen molar-refractivity contribution >= 4 is 56.1 Å². The van der Waals surface area contributed by atoms with Crippen LogP contribution in [-0.2, 0) is 11.4 Å². The quantitative estimate of drug-likeness (QED) is 0.131. The van der Waals surface area contributed by atoms with Crippen LogP contribution in [0.2, 0.25) is 5.02 Å². The second-order valence-corrected chi connectivity index (χ2v) is 9.27. The van der Waals surface area contributed by atoms with Crippen molar-refractivity contribution in [1.82, 2.24) is 0 Å². The van der Waals surface area contributed by atoms with Gasteiger partial charge in [-0.25, -0.2) is 9.71 Å². The van der Waals surface area contributed by atoms with Crippen molar-refractivity contribution in [3.63, 3.8) is 0 Å². The third-order valence-corrected chi connectivity index (χ3v) is 6.24. The fraction of sp³-hybridized carbons (Fsp3) is 0.0417. The number of benzene rings is 3. The number of nitrogens with two attached hydrogens (primary N) is 1. The van der Waals surface area contributed by atoms with Crippen molar-refractivity contribution < 1.29 is 9.29 Å². The lowest BCUT2D eigenvalue weighted by molar-refractivity contribution is 0.403. The van der Waals surface area contributed by atoms with Crippen LogP contribution in [0.1, 0.15) is 5.56 Å². The molecule has 33 heavy (non-hydrogen) atoms. The van der Waals surface area contributed by atoms with Gasteiger partial charge < -0.3 is 20.3 Å². The van der Waals surface area contributed by atoms with Crippen LogP contribution < -0.4 is 20.5 Å². The van der Waals surface area contributed by atoms with E-state index < -0.39 is 11.4 Å². The van der Waals surface area contributed by atoms with Crippen LogP contribution in [-0.4, -0.2) is 17.5 Å². The Morgan fingerprint density at radius 2 is 1.88 bits per heavy atom. The van der Waals surface area contributed by atoms with Crippen LogP contribution in [0.3, 0.4) is 0 Å². The molecule has 0 amide bonds. The highest BCUT2D eigenvalue weighted by atomic mass is 79.9. The van der Waals surface area contributed by atoms with Gasteiger partial charge in [0, 0.05) is 38.7 Å². The summed E-state index contributed by atoms with van der Waals surface area (Å²) < 4.78 is 22.2. The van der Waals surface area contributed by atoms with Crippen molar-refractivity contribution in [1.29, 1.82) is 0 Å². The first-order valence-corrected chi connectivity index (χ1v) is 12.0. The summed E-state index contributed by atoms with van der Waals surface area (Å²) in [5.74, 6) is 0.839. The lowest BCUT2D eigenvalue weighted by Gasteiger charge is -2.16. The molecular formula is C24H22BrClN4O2S. The molecule has 0 bridgehead atoms. The van der Waals surface area contributed by atoms with Crippen molar-refractivity contribution in [3.8, 4) is 5.75 Å². The van der Waals surface area contributed by atoms with E-state index in [4.69, 9.17) is 22.1 Å². The lowest BCUT2D eigenvalue weighted by atomic mass is 10.2. The maximum absolute atomic E-state index is 12.9. The summed E-state index contributed by atoms with van der Waals surface area (Å²) in [5, 5.41) is 3.73. The predicted molar refractivity (Wildman–Crippen MR) is 141 cm³/mol. The number of nitrogens with one attached hydrogen (secondary N) is 2. The van der Waals surface area contributed by atoms with Crippen molar-refractivity contribution in [2.75, 3.05) is 17.1 Å². The fourth-order valence-electron chi connectivity index (χ4n) is 2.74. The summed E-state index contributed by atoms with van der Waals surface area (Å²) >= 11 is 7.83. The number of ether oxygens (including phenoxy) is 1. The Hall–Kier alpha value is -2.91. The molecule has 0 saturated heterocycles. The zero-order valence-electron chi connectivity index (χ0n) is 17.7. The number of hydrogen-bond acceptors (Lipinski definition) is 5. The molecule has 1 unspecified atom stereocenters. The number of halogens is 2. The molecule has 1 atom stereocenters. The van der Waals surface area contributed by atoms with Gasteiger partial charge in [0.15, 0.2) is 5.75 Å². The average Bonchev–Trinajstić information content (AvgIpc) is 2.80. The van der Waals surface area contributed by atoms with Crippen molar-refractivity contribution in [3.05, 3.63) is 106 Å². The van der Waals surface area contributed by atoms with Gasteiger partial charge in [0.25, 0.3) is 0 Å². The van der Waals surface area contributed by atoms with Crippen LogP contribution in [0.25, 0.3) is 0 Å². The molecule has 0 aliphatic rings. The van der Waals surface area contributed by atoms with E-state index in [0.29, 0.717) is 32.9 Å². The Morgan fingerprint density at radius 1 is 1.15 bits per heavy atom. The molecule has 3 aromatic carbocycles. The lowest BCUT2D eigenvalue weighted by Crippen LogP contribution is -2.14. The van der Waals surface area contributed by atoms with Gasteiger partial charge >= 0.3 is 0 Å². The maximum atomic E-state index is 12.9. The molecule has 4 N–H and O–H groups in total. The molecule has 3 rings (SSSR count). The van der Waals surface area contributed by atoms with Gasteiger partial charge in [0.05, 0.1) is 12.8 Å². The molecule has 0 aliphatic heterocycles. The summed E-state index contributed by atoms with van der Waals surface area (Å²) in [4.78, 5) is 4.71. The molecule has 0 spiro atoms. The summed E-state index contributed by atoms with van der Waals surface area (Å²) in [6.45, 7) is 3.97. The number of anilines is 2. The molecule has 0 aliphatic carbocycles. The molecule has 6 nitrogen and oxygen atoms in total. The monoisotopic (exact) mass is 544 g/mol. The van der Waals surface area contributed by atoms with Crippen LogP contribution in [0.5, 0.6) is 5.75 Å². The van der Waals surface area contributed by atoms with E-state index >= 15 is 0 Å². The Balaban J connectivity index is 1.69. The molecule has 0 saturated carbocycles. The summed E-state index contributed by atoms with van der Waals surface area (Å²) in [6, 6.07) is 19.8. The van der Waals surface area contributed by atoms with Crippen molar-refractivity contribution in [2.45, 2.75) is 4.90 Å². The van der Waals surface area contributed by atoms with Gasteiger partial charge in [-0.1, -0.05) is 46.2 Å². The number of amidine groups is 1. The van der Waals surface area contributed by atoms with Gasteiger partial charge in [0.1, 0.15) is 17.2 Å². The average molecular weight is 546 g/mol. The number of nitrogens with zero attached hydrogens (tertiary/aromatic N) is 1. The van der Waals surface area contributed by atoms with E-state index in [2.05, 4.69) is 37.5 Å². The molecule has 170 valence electrons. The van der Waals surface area contributed by atoms with Crippen LogP contribution >= 0.6 is 27.5 Å². The second-order valence-electron chi connectivity index (χ2n) is 6.73. The van der Waals surface area contributed by atoms with Crippen molar-refractivity contribution in [2.24, 2.45) is 10.7 Å². The van der Waals surface area contributed by atoms with E-state index in [1.54, 1.807) is 42.6 Å². The number of aliphatic imine (C=N–C) groups is 1. The highest BCUT2D eigenvalue weighted by molar-refractivity contribution is 9.10. The maximum Gasteiger partial charge on any atom is 0.223 e. The third-order valence-electron chi connectivity index (χ3n) is 4.33. The van der Waals surface area contributed by atoms with Gasteiger partial charge in [-0.05, 0) is 54.6 Å². The molecule has 3 aromatic rings. The highest BCUT2D eigenvalue weighted by Gasteiger charge is 2.19. The predicted octanol–water partition coefficient (Wildman–Crippen LogP) is 6.09. The Morgan fingerprint density at radius 3 is 2.58 bits per heavy atom. The molecule has 0 radical (unpaired) electrons. The minimum Gasteiger partial charge on any atom is -0.588 e. The van der Waals surface area contributed by atoms with E-state index in [0.717, 1.165) is 15.7 Å². The number of allylic oxidation sites excluding steroid dienone is 1. The Bertz CT molecular complexity index is 1190. The SMILES string of the molecule is C=C(/C=C/N=C(\N)c1cccc(Cl)c1)Nc1ccc(OC)c([S+]([O-])Nc2ccc(Br)cc2)c1. The second kappa shape index (κ2) is 11.8. The Labute approximate surface area is 209 Å². The molecule has 0 fully saturated rings. The normalized spacial score (nSPS) is 12.4. The van der Waals surface area contributed by atoms with E-state index in [9.17, 15) is 4.55 Å². The van der Waals surface area contributed by atoms with Crippen LogP contribution in [0, 0.1) is 0 Å². The Kier molecular flexibility index (Phi) is 8.85. The molecule has 0 aromatic heterocycles. The minimum absolute atomic E-state index is 0.336. The van der Waals surface area contributed by atoms with E-state index in [1.807, 2.05) is 36.4 Å². The molecule has 9 heteroatoms. The standard InChI is InChI=1S/C24H22BrClN4O2S/c1-16(12-13-28-24(27)17-4-3-5-19(26)14-17)29-21-10-11-22(32-2)23(15-21)33(31)30-20-8-6-18(25)7-9-20/h3-15,29-30H,1H2,2H3,(H2,27,28)/b13-12+. The zero-order chi connectivity index (χ0) is 23.8. The summed E-state index contributed by atoms with van der Waals surface area (Å²) in [5.41, 5.74) is 8.70. The number of rotatable bonds is 9. The highest BCUT2D eigenvalue weighted by Crippen LogP contribution is 2.29. The van der Waals surface area contributed by atoms with Gasteiger partial charge in [-0.2, -0.15) is 0 Å².